The summed E-state index contributed by atoms with van der Waals surface area (Å²) in [7, 11) is 0. The molecule has 0 unspecified atom stereocenters. The first-order valence-electron chi connectivity index (χ1n) is 6.50. The van der Waals surface area contributed by atoms with Crippen LogP contribution in [0.1, 0.15) is 23.7 Å². The van der Waals surface area contributed by atoms with Crippen LogP contribution in [0.4, 0.5) is 0 Å². The smallest absolute Gasteiger partial charge is 0.307 e. The van der Waals surface area contributed by atoms with Crippen molar-refractivity contribution in [2.75, 3.05) is 19.7 Å². The minimum Gasteiger partial charge on any atom is -0.466 e. The summed E-state index contributed by atoms with van der Waals surface area (Å²) in [5.74, 6) is -0.578. The lowest BCUT2D eigenvalue weighted by molar-refractivity contribution is -0.143. The zero-order chi connectivity index (χ0) is 15.8. The number of esters is 1. The summed E-state index contributed by atoms with van der Waals surface area (Å²) in [4.78, 5) is 25.3. The molecule has 0 saturated heterocycles. The molecule has 1 aromatic carbocycles. The van der Waals surface area contributed by atoms with E-state index in [0.717, 1.165) is 0 Å². The van der Waals surface area contributed by atoms with E-state index in [1.807, 2.05) is 0 Å². The van der Waals surface area contributed by atoms with Gasteiger partial charge < -0.3 is 9.64 Å². The molecule has 0 atom stereocenters. The third-order valence-corrected chi connectivity index (χ3v) is 3.43. The predicted molar refractivity (Wildman–Crippen MR) is 83.8 cm³/mol. The van der Waals surface area contributed by atoms with Crippen LogP contribution in [-0.2, 0) is 9.53 Å². The Morgan fingerprint density at radius 2 is 2.05 bits per heavy atom. The van der Waals surface area contributed by atoms with Crippen LogP contribution in [0.3, 0.4) is 0 Å². The SMILES string of the molecule is C=CCN(CCC(=O)OCC)C(=O)c1ccc(Cl)c(Cl)c1. The third kappa shape index (κ3) is 5.40. The second-order valence-corrected chi connectivity index (χ2v) is 5.04. The van der Waals surface area contributed by atoms with Crippen LogP contribution < -0.4 is 0 Å². The van der Waals surface area contributed by atoms with Gasteiger partial charge >= 0.3 is 5.97 Å². The molecular weight excluding hydrogens is 313 g/mol. The fourth-order valence-corrected chi connectivity index (χ4v) is 2.00. The van der Waals surface area contributed by atoms with Crippen LogP contribution in [0.15, 0.2) is 30.9 Å². The molecular formula is C15H17Cl2NO3. The van der Waals surface area contributed by atoms with E-state index in [1.165, 1.54) is 11.0 Å². The zero-order valence-electron chi connectivity index (χ0n) is 11.8. The topological polar surface area (TPSA) is 46.6 Å². The minimum atomic E-state index is -0.339. The Bertz CT molecular complexity index is 532. The van der Waals surface area contributed by atoms with Crippen molar-refractivity contribution in [3.8, 4) is 0 Å². The van der Waals surface area contributed by atoms with Gasteiger partial charge in [0, 0.05) is 18.7 Å². The average molecular weight is 330 g/mol. The molecule has 0 aromatic heterocycles. The van der Waals surface area contributed by atoms with Crippen LogP contribution in [0.25, 0.3) is 0 Å². The van der Waals surface area contributed by atoms with Crippen molar-refractivity contribution in [1.82, 2.24) is 4.90 Å². The Balaban J connectivity index is 2.78. The number of benzene rings is 1. The number of halogens is 2. The number of nitrogens with zero attached hydrogens (tertiary/aromatic N) is 1. The summed E-state index contributed by atoms with van der Waals surface area (Å²) < 4.78 is 4.85. The van der Waals surface area contributed by atoms with Gasteiger partial charge in [-0.2, -0.15) is 0 Å². The molecule has 0 aliphatic carbocycles. The summed E-state index contributed by atoms with van der Waals surface area (Å²) >= 11 is 11.7. The molecule has 0 fully saturated rings. The van der Waals surface area contributed by atoms with Gasteiger partial charge in [0.15, 0.2) is 0 Å². The van der Waals surface area contributed by atoms with E-state index >= 15 is 0 Å². The molecule has 0 bridgehead atoms. The molecule has 1 rings (SSSR count). The van der Waals surface area contributed by atoms with Crippen molar-refractivity contribution in [1.29, 1.82) is 0 Å². The van der Waals surface area contributed by atoms with E-state index in [-0.39, 0.29) is 24.8 Å². The molecule has 1 amide bonds. The molecule has 6 heteroatoms. The lowest BCUT2D eigenvalue weighted by Crippen LogP contribution is -2.33. The number of hydrogen-bond acceptors (Lipinski definition) is 3. The Labute approximate surface area is 134 Å². The van der Waals surface area contributed by atoms with Crippen molar-refractivity contribution < 1.29 is 14.3 Å². The van der Waals surface area contributed by atoms with Crippen LogP contribution in [0.5, 0.6) is 0 Å². The summed E-state index contributed by atoms with van der Waals surface area (Å²) in [6.45, 7) is 6.26. The maximum absolute atomic E-state index is 12.4. The fourth-order valence-electron chi connectivity index (χ4n) is 1.70. The average Bonchev–Trinajstić information content (AvgIpc) is 2.46. The molecule has 21 heavy (non-hydrogen) atoms. The van der Waals surface area contributed by atoms with Gasteiger partial charge in [-0.3, -0.25) is 9.59 Å². The quantitative estimate of drug-likeness (QED) is 0.567. The van der Waals surface area contributed by atoms with Gasteiger partial charge in [0.2, 0.25) is 0 Å². The molecule has 0 aliphatic rings. The number of carbonyl (C=O) groups is 2. The van der Waals surface area contributed by atoms with E-state index < -0.39 is 0 Å². The fraction of sp³-hybridized carbons (Fsp3) is 0.333. The van der Waals surface area contributed by atoms with Gasteiger partial charge in [-0.05, 0) is 25.1 Å². The van der Waals surface area contributed by atoms with E-state index in [1.54, 1.807) is 25.1 Å². The predicted octanol–water partition coefficient (Wildman–Crippen LogP) is 3.57. The summed E-state index contributed by atoms with van der Waals surface area (Å²) in [5, 5.41) is 0.696. The summed E-state index contributed by atoms with van der Waals surface area (Å²) in [6, 6.07) is 4.66. The number of ether oxygens (including phenoxy) is 1. The monoisotopic (exact) mass is 329 g/mol. The normalized spacial score (nSPS) is 10.0. The lowest BCUT2D eigenvalue weighted by Gasteiger charge is -2.21. The second kappa shape index (κ2) is 8.70. The first-order chi connectivity index (χ1) is 9.99. The standard InChI is InChI=1S/C15H17Cl2NO3/c1-3-8-18(9-7-14(19)21-4-2)15(20)11-5-6-12(16)13(17)10-11/h3,5-6,10H,1,4,7-9H2,2H3. The van der Waals surface area contributed by atoms with E-state index in [2.05, 4.69) is 6.58 Å². The van der Waals surface area contributed by atoms with Gasteiger partial charge in [-0.15, -0.1) is 6.58 Å². The Hall–Kier alpha value is -1.52. The van der Waals surface area contributed by atoms with Crippen molar-refractivity contribution in [2.24, 2.45) is 0 Å². The van der Waals surface area contributed by atoms with Gasteiger partial charge in [0.05, 0.1) is 23.1 Å². The second-order valence-electron chi connectivity index (χ2n) is 4.22. The molecule has 0 N–H and O–H groups in total. The highest BCUT2D eigenvalue weighted by atomic mass is 35.5. The van der Waals surface area contributed by atoms with Gasteiger partial charge in [0.1, 0.15) is 0 Å². The molecule has 0 spiro atoms. The van der Waals surface area contributed by atoms with E-state index in [9.17, 15) is 9.59 Å². The van der Waals surface area contributed by atoms with Crippen molar-refractivity contribution in [3.63, 3.8) is 0 Å². The van der Waals surface area contributed by atoms with Gasteiger partial charge in [-0.1, -0.05) is 29.3 Å². The number of rotatable bonds is 7. The highest BCUT2D eigenvalue weighted by Gasteiger charge is 2.17. The van der Waals surface area contributed by atoms with E-state index in [4.69, 9.17) is 27.9 Å². The molecule has 0 saturated carbocycles. The third-order valence-electron chi connectivity index (χ3n) is 2.69. The van der Waals surface area contributed by atoms with Gasteiger partial charge in [0.25, 0.3) is 5.91 Å². The summed E-state index contributed by atoms with van der Waals surface area (Å²) in [5.41, 5.74) is 0.412. The number of hydrogen-bond donors (Lipinski definition) is 0. The largest absolute Gasteiger partial charge is 0.466 e. The molecule has 0 radical (unpaired) electrons. The van der Waals surface area contributed by atoms with Crippen LogP contribution in [0.2, 0.25) is 10.0 Å². The Kier molecular flexibility index (Phi) is 7.26. The molecule has 1 aromatic rings. The van der Waals surface area contributed by atoms with Crippen molar-refractivity contribution >= 4 is 35.1 Å². The molecule has 0 heterocycles. The van der Waals surface area contributed by atoms with Crippen molar-refractivity contribution in [3.05, 3.63) is 46.5 Å². The molecule has 4 nitrogen and oxygen atoms in total. The van der Waals surface area contributed by atoms with Crippen LogP contribution in [-0.4, -0.2) is 36.5 Å². The van der Waals surface area contributed by atoms with Crippen LogP contribution >= 0.6 is 23.2 Å². The first-order valence-corrected chi connectivity index (χ1v) is 7.26. The first kappa shape index (κ1) is 17.5. The lowest BCUT2D eigenvalue weighted by atomic mass is 10.2. The van der Waals surface area contributed by atoms with Crippen LogP contribution in [0, 0.1) is 0 Å². The summed E-state index contributed by atoms with van der Waals surface area (Å²) in [6.07, 6.45) is 1.73. The highest BCUT2D eigenvalue weighted by molar-refractivity contribution is 6.42. The van der Waals surface area contributed by atoms with E-state index in [0.29, 0.717) is 28.8 Å². The van der Waals surface area contributed by atoms with Crippen molar-refractivity contribution in [2.45, 2.75) is 13.3 Å². The Morgan fingerprint density at radius 1 is 1.33 bits per heavy atom. The maximum Gasteiger partial charge on any atom is 0.307 e. The molecule has 114 valence electrons. The maximum atomic E-state index is 12.4. The number of carbonyl (C=O) groups excluding carboxylic acids is 2. The van der Waals surface area contributed by atoms with Gasteiger partial charge in [-0.25, -0.2) is 0 Å². The highest BCUT2D eigenvalue weighted by Crippen LogP contribution is 2.23. The number of amides is 1. The Morgan fingerprint density at radius 3 is 2.62 bits per heavy atom. The molecule has 0 aliphatic heterocycles. The zero-order valence-corrected chi connectivity index (χ0v) is 13.3. The minimum absolute atomic E-state index is 0.134.